The number of rotatable bonds is 26. The summed E-state index contributed by atoms with van der Waals surface area (Å²) in [6.07, 6.45) is 17.7. The second-order valence-corrected chi connectivity index (χ2v) is 11.1. The number of carbonyl (C=O) groups is 4. The lowest BCUT2D eigenvalue weighted by molar-refractivity contribution is -0.142. The van der Waals surface area contributed by atoms with E-state index in [0.717, 1.165) is 51.4 Å². The van der Waals surface area contributed by atoms with Gasteiger partial charge in [0.1, 0.15) is 11.8 Å². The van der Waals surface area contributed by atoms with Gasteiger partial charge in [-0.25, -0.2) is 4.79 Å². The number of nitrogens with one attached hydrogen (secondary N) is 3. The van der Waals surface area contributed by atoms with Crippen molar-refractivity contribution < 1.29 is 24.3 Å². The van der Waals surface area contributed by atoms with Gasteiger partial charge in [0, 0.05) is 19.4 Å². The molecule has 8 nitrogen and oxygen atoms in total. The largest absolute Gasteiger partial charge is 0.480 e. The maximum Gasteiger partial charge on any atom is 0.326 e. The average Bonchev–Trinajstić information content (AvgIpc) is 2.85. The lowest BCUT2D eigenvalue weighted by Crippen LogP contribution is -2.41. The van der Waals surface area contributed by atoms with E-state index in [0.29, 0.717) is 25.8 Å². The van der Waals surface area contributed by atoms with Gasteiger partial charge in [0.15, 0.2) is 0 Å². The number of carboxylic acids is 1. The van der Waals surface area contributed by atoms with Crippen molar-refractivity contribution in [3.8, 4) is 0 Å². The molecule has 0 bridgehead atoms. The first-order valence-electron chi connectivity index (χ1n) is 15.1. The van der Waals surface area contributed by atoms with Gasteiger partial charge in [0.25, 0.3) is 0 Å². The van der Waals surface area contributed by atoms with E-state index < -0.39 is 12.0 Å². The van der Waals surface area contributed by atoms with E-state index >= 15 is 0 Å². The van der Waals surface area contributed by atoms with Crippen LogP contribution in [0.25, 0.3) is 0 Å². The Hall–Kier alpha value is -1.96. The van der Waals surface area contributed by atoms with Gasteiger partial charge in [-0.05, 0) is 58.4 Å². The van der Waals surface area contributed by atoms with Crippen LogP contribution in [0.5, 0.6) is 0 Å². The van der Waals surface area contributed by atoms with E-state index in [1.54, 1.807) is 14.0 Å². The minimum atomic E-state index is -0.955. The van der Waals surface area contributed by atoms with Crippen LogP contribution in [0, 0.1) is 5.92 Å². The van der Waals surface area contributed by atoms with Crippen molar-refractivity contribution in [1.29, 1.82) is 0 Å². The molecule has 0 saturated heterocycles. The predicted molar refractivity (Wildman–Crippen MR) is 154 cm³/mol. The van der Waals surface area contributed by atoms with Crippen molar-refractivity contribution in [1.82, 2.24) is 16.0 Å². The van der Waals surface area contributed by atoms with Crippen molar-refractivity contribution in [2.24, 2.45) is 5.92 Å². The number of likely N-dealkylation sites (N-methyl/N-ethyl adjacent to an activating group) is 1. The molecular formula is C30H57N3O5. The molecular weight excluding hydrogens is 482 g/mol. The summed E-state index contributed by atoms with van der Waals surface area (Å²) in [5.74, 6) is -0.575. The van der Waals surface area contributed by atoms with Gasteiger partial charge in [-0.15, -0.1) is 0 Å². The Bertz CT molecular complexity index is 654. The fourth-order valence-corrected chi connectivity index (χ4v) is 4.64. The monoisotopic (exact) mass is 539 g/mol. The van der Waals surface area contributed by atoms with Gasteiger partial charge in [-0.3, -0.25) is 14.4 Å². The summed E-state index contributed by atoms with van der Waals surface area (Å²) in [6.45, 7) is 6.20. The minimum absolute atomic E-state index is 0.0704. The molecule has 2 amide bonds. The van der Waals surface area contributed by atoms with E-state index in [4.69, 9.17) is 0 Å². The van der Waals surface area contributed by atoms with E-state index in [2.05, 4.69) is 16.0 Å². The topological polar surface area (TPSA) is 125 Å². The molecule has 0 aliphatic rings. The number of hydrogen-bond donors (Lipinski definition) is 4. The Morgan fingerprint density at radius 2 is 1.13 bits per heavy atom. The molecule has 0 aliphatic heterocycles. The number of aliphatic carboxylic acids is 1. The van der Waals surface area contributed by atoms with Crippen LogP contribution in [0.3, 0.4) is 0 Å². The number of amides is 2. The fraction of sp³-hybridized carbons (Fsp3) is 0.867. The summed E-state index contributed by atoms with van der Waals surface area (Å²) in [5, 5.41) is 17.9. The molecule has 0 radical (unpaired) electrons. The summed E-state index contributed by atoms with van der Waals surface area (Å²) in [5.41, 5.74) is 0. The van der Waals surface area contributed by atoms with Crippen LogP contribution in [0.4, 0.5) is 0 Å². The molecule has 4 N–H and O–H groups in total. The second kappa shape index (κ2) is 24.1. The Labute approximate surface area is 231 Å². The predicted octanol–water partition coefficient (Wildman–Crippen LogP) is 5.53. The van der Waals surface area contributed by atoms with E-state index in [-0.39, 0.29) is 29.6 Å². The molecule has 222 valence electrons. The van der Waals surface area contributed by atoms with Gasteiger partial charge < -0.3 is 21.1 Å². The summed E-state index contributed by atoms with van der Waals surface area (Å²) in [4.78, 5) is 46.5. The van der Waals surface area contributed by atoms with Crippen molar-refractivity contribution in [2.75, 3.05) is 13.6 Å². The number of unbranched alkanes of at least 4 members (excludes halogenated alkanes) is 12. The first-order valence-corrected chi connectivity index (χ1v) is 15.1. The fourth-order valence-electron chi connectivity index (χ4n) is 4.64. The summed E-state index contributed by atoms with van der Waals surface area (Å²) in [6, 6.07) is -0.848. The number of carboxylic acid groups (broad SMARTS) is 1. The maximum atomic E-state index is 12.0. The smallest absolute Gasteiger partial charge is 0.326 e. The number of Topliss-reactive ketones (excluding diaryl/α,β-unsaturated/α-hetero) is 1. The molecule has 0 aromatic heterocycles. The highest BCUT2D eigenvalue weighted by Crippen LogP contribution is 2.13. The van der Waals surface area contributed by atoms with E-state index in [9.17, 15) is 24.3 Å². The van der Waals surface area contributed by atoms with E-state index in [1.807, 2.05) is 13.8 Å². The van der Waals surface area contributed by atoms with Gasteiger partial charge >= 0.3 is 5.97 Å². The second-order valence-electron chi connectivity index (χ2n) is 11.1. The quantitative estimate of drug-likeness (QED) is 0.107. The molecule has 2 unspecified atom stereocenters. The highest BCUT2D eigenvalue weighted by atomic mass is 16.4. The third-order valence-electron chi connectivity index (χ3n) is 6.98. The van der Waals surface area contributed by atoms with Crippen LogP contribution in [0.2, 0.25) is 0 Å². The normalized spacial score (nSPS) is 12.8. The number of carbonyl (C=O) groups excluding carboxylic acids is 3. The van der Waals surface area contributed by atoms with Gasteiger partial charge in [-0.2, -0.15) is 0 Å². The van der Waals surface area contributed by atoms with Crippen LogP contribution in [0.1, 0.15) is 136 Å². The molecule has 8 heteroatoms. The summed E-state index contributed by atoms with van der Waals surface area (Å²) >= 11 is 0. The van der Waals surface area contributed by atoms with Gasteiger partial charge in [-0.1, -0.05) is 78.1 Å². The van der Waals surface area contributed by atoms with Crippen LogP contribution < -0.4 is 16.0 Å². The molecule has 2 atom stereocenters. The molecule has 0 saturated carbocycles. The number of hydrogen-bond acceptors (Lipinski definition) is 5. The van der Waals surface area contributed by atoms with Crippen LogP contribution in [-0.2, 0) is 19.2 Å². The van der Waals surface area contributed by atoms with Gasteiger partial charge in [0.2, 0.25) is 11.8 Å². The zero-order chi connectivity index (χ0) is 28.6. The molecule has 0 aromatic rings. The zero-order valence-electron chi connectivity index (χ0n) is 24.7. The van der Waals surface area contributed by atoms with Crippen molar-refractivity contribution in [3.05, 3.63) is 0 Å². The standard InChI is InChI=1S/C30H57N3O5/c1-24(2)23-27(30(37)38)33-29(36)21-16-14-12-10-8-6-5-7-9-11-13-15-20-28(35)32-22-18-17-19-26(31-4)25(3)34/h24,26-27,31H,5-23H2,1-4H3,(H,32,35)(H,33,36)(H,37,38). The first kappa shape index (κ1) is 36.0. The number of ketones is 1. The zero-order valence-corrected chi connectivity index (χ0v) is 24.7. The van der Waals surface area contributed by atoms with Crippen molar-refractivity contribution in [2.45, 2.75) is 148 Å². The molecule has 0 heterocycles. The lowest BCUT2D eigenvalue weighted by Gasteiger charge is -2.16. The molecule has 38 heavy (non-hydrogen) atoms. The Kier molecular flexibility index (Phi) is 22.9. The molecule has 0 aliphatic carbocycles. The van der Waals surface area contributed by atoms with Crippen LogP contribution in [-0.4, -0.2) is 54.3 Å². The first-order chi connectivity index (χ1) is 18.2. The lowest BCUT2D eigenvalue weighted by atomic mass is 10.0. The van der Waals surface area contributed by atoms with Crippen molar-refractivity contribution >= 4 is 23.6 Å². The third kappa shape index (κ3) is 22.1. The van der Waals surface area contributed by atoms with E-state index in [1.165, 1.54) is 44.9 Å². The summed E-state index contributed by atoms with van der Waals surface area (Å²) < 4.78 is 0. The maximum absolute atomic E-state index is 12.0. The molecule has 0 aromatic carbocycles. The minimum Gasteiger partial charge on any atom is -0.480 e. The Morgan fingerprint density at radius 3 is 1.55 bits per heavy atom. The van der Waals surface area contributed by atoms with Crippen LogP contribution in [0.15, 0.2) is 0 Å². The SMILES string of the molecule is CNC(CCCCNC(=O)CCCCCCCCCCCCCCC(=O)NC(CC(C)C)C(=O)O)C(C)=O. The highest BCUT2D eigenvalue weighted by Gasteiger charge is 2.20. The molecule has 0 fully saturated rings. The Morgan fingerprint density at radius 1 is 0.658 bits per heavy atom. The van der Waals surface area contributed by atoms with Crippen molar-refractivity contribution in [3.63, 3.8) is 0 Å². The average molecular weight is 540 g/mol. The van der Waals surface area contributed by atoms with Gasteiger partial charge in [0.05, 0.1) is 6.04 Å². The molecule has 0 spiro atoms. The third-order valence-corrected chi connectivity index (χ3v) is 6.98. The molecule has 0 rings (SSSR count). The highest BCUT2D eigenvalue weighted by molar-refractivity contribution is 5.83. The van der Waals surface area contributed by atoms with Crippen LogP contribution >= 0.6 is 0 Å². The Balaban J connectivity index is 3.46. The summed E-state index contributed by atoms with van der Waals surface area (Å²) in [7, 11) is 1.81.